The molecule has 0 atom stereocenters. The zero-order valence-corrected chi connectivity index (χ0v) is 17.9. The van der Waals surface area contributed by atoms with E-state index in [2.05, 4.69) is 25.6 Å². The van der Waals surface area contributed by atoms with Crippen molar-refractivity contribution in [1.29, 1.82) is 0 Å². The molecule has 2 aromatic carbocycles. The van der Waals surface area contributed by atoms with E-state index in [-0.39, 0.29) is 17.2 Å². The zero-order chi connectivity index (χ0) is 22.0. The average Bonchev–Trinajstić information content (AvgIpc) is 3.18. The van der Waals surface area contributed by atoms with E-state index in [1.54, 1.807) is 30.6 Å². The molecule has 0 unspecified atom stereocenters. The number of halogens is 1. The molecule has 4 rings (SSSR count). The van der Waals surface area contributed by atoms with Gasteiger partial charge in [-0.25, -0.2) is 4.98 Å². The minimum absolute atomic E-state index is 0.157. The molecule has 0 aliphatic carbocycles. The smallest absolute Gasteiger partial charge is 0.255 e. The number of imidazole rings is 1. The van der Waals surface area contributed by atoms with Gasteiger partial charge in [0.1, 0.15) is 0 Å². The van der Waals surface area contributed by atoms with E-state index < -0.39 is 0 Å². The molecule has 158 valence electrons. The summed E-state index contributed by atoms with van der Waals surface area (Å²) in [5.74, 6) is 0.344. The summed E-state index contributed by atoms with van der Waals surface area (Å²) in [5.41, 5.74) is 9.85. The number of carbonyl (C=O) groups excluding carboxylic acids is 1. The van der Waals surface area contributed by atoms with Gasteiger partial charge in [-0.2, -0.15) is 9.97 Å². The van der Waals surface area contributed by atoms with Crippen molar-refractivity contribution in [3.63, 3.8) is 0 Å². The summed E-state index contributed by atoms with van der Waals surface area (Å²) in [4.78, 5) is 25.5. The van der Waals surface area contributed by atoms with Crippen molar-refractivity contribution in [2.45, 2.75) is 26.4 Å². The number of aromatic nitrogens is 4. The molecule has 4 aromatic rings. The van der Waals surface area contributed by atoms with Crippen molar-refractivity contribution in [3.05, 3.63) is 71.3 Å². The van der Waals surface area contributed by atoms with Gasteiger partial charge in [0, 0.05) is 18.2 Å². The van der Waals surface area contributed by atoms with Gasteiger partial charge in [0.2, 0.25) is 5.28 Å². The molecule has 9 heteroatoms. The fraction of sp³-hybridized carbons (Fsp3) is 0.182. The molecule has 31 heavy (non-hydrogen) atoms. The quantitative estimate of drug-likeness (QED) is 0.303. The summed E-state index contributed by atoms with van der Waals surface area (Å²) in [5, 5.41) is 6.24. The minimum atomic E-state index is -0.221. The van der Waals surface area contributed by atoms with E-state index in [1.165, 1.54) is 0 Å². The fourth-order valence-electron chi connectivity index (χ4n) is 3.16. The number of carbonyl (C=O) groups is 1. The zero-order valence-electron chi connectivity index (χ0n) is 17.1. The van der Waals surface area contributed by atoms with Gasteiger partial charge >= 0.3 is 0 Å². The van der Waals surface area contributed by atoms with Crippen molar-refractivity contribution in [3.8, 4) is 0 Å². The van der Waals surface area contributed by atoms with Crippen LogP contribution in [0, 0.1) is 0 Å². The number of anilines is 3. The molecule has 0 fully saturated rings. The molecule has 2 heterocycles. The highest BCUT2D eigenvalue weighted by Gasteiger charge is 2.14. The Morgan fingerprint density at radius 3 is 2.58 bits per heavy atom. The van der Waals surface area contributed by atoms with Crippen molar-refractivity contribution >= 4 is 45.9 Å². The van der Waals surface area contributed by atoms with E-state index in [4.69, 9.17) is 17.3 Å². The summed E-state index contributed by atoms with van der Waals surface area (Å²) in [6, 6.07) is 14.6. The lowest BCUT2D eigenvalue weighted by molar-refractivity contribution is 0.102. The van der Waals surface area contributed by atoms with Gasteiger partial charge < -0.3 is 20.9 Å². The van der Waals surface area contributed by atoms with Gasteiger partial charge in [-0.1, -0.05) is 24.3 Å². The number of amides is 1. The third kappa shape index (κ3) is 4.44. The Morgan fingerprint density at radius 1 is 1.13 bits per heavy atom. The molecular formula is C22H22ClN7O. The second-order valence-electron chi connectivity index (χ2n) is 7.35. The van der Waals surface area contributed by atoms with E-state index in [0.29, 0.717) is 40.5 Å². The Labute approximate surface area is 184 Å². The number of nitrogens with zero attached hydrogens (tertiary/aromatic N) is 4. The first-order chi connectivity index (χ1) is 14.9. The summed E-state index contributed by atoms with van der Waals surface area (Å²) >= 11 is 6.12. The lowest BCUT2D eigenvalue weighted by atomic mass is 10.1. The minimum Gasteiger partial charge on any atom is -0.397 e. The largest absolute Gasteiger partial charge is 0.397 e. The third-order valence-corrected chi connectivity index (χ3v) is 5.00. The molecule has 4 N–H and O–H groups in total. The van der Waals surface area contributed by atoms with Crippen LogP contribution in [0.1, 0.15) is 35.8 Å². The van der Waals surface area contributed by atoms with Crippen LogP contribution in [-0.4, -0.2) is 25.4 Å². The highest BCUT2D eigenvalue weighted by Crippen LogP contribution is 2.24. The van der Waals surface area contributed by atoms with Crippen molar-refractivity contribution in [2.75, 3.05) is 16.4 Å². The number of benzene rings is 2. The number of hydrogen-bond donors (Lipinski definition) is 3. The number of fused-ring (bicyclic) bond motifs is 1. The van der Waals surface area contributed by atoms with Crippen molar-refractivity contribution in [2.24, 2.45) is 0 Å². The molecule has 8 nitrogen and oxygen atoms in total. The Hall–Kier alpha value is -3.65. The van der Waals surface area contributed by atoms with E-state index in [9.17, 15) is 4.79 Å². The molecular weight excluding hydrogens is 414 g/mol. The summed E-state index contributed by atoms with van der Waals surface area (Å²) in [7, 11) is 0. The highest BCUT2D eigenvalue weighted by molar-refractivity contribution is 6.28. The number of nitrogens with one attached hydrogen (secondary N) is 2. The van der Waals surface area contributed by atoms with Crippen molar-refractivity contribution < 1.29 is 4.79 Å². The van der Waals surface area contributed by atoms with Crippen LogP contribution in [0.15, 0.2) is 54.9 Å². The fourth-order valence-corrected chi connectivity index (χ4v) is 3.32. The maximum atomic E-state index is 12.5. The Balaban J connectivity index is 1.46. The maximum Gasteiger partial charge on any atom is 0.255 e. The van der Waals surface area contributed by atoms with Gasteiger partial charge in [-0.15, -0.1) is 0 Å². The molecule has 2 aromatic heterocycles. The monoisotopic (exact) mass is 435 g/mol. The molecule has 0 saturated carbocycles. The predicted molar refractivity (Wildman–Crippen MR) is 123 cm³/mol. The van der Waals surface area contributed by atoms with Crippen LogP contribution in [0.3, 0.4) is 0 Å². The molecule has 0 bridgehead atoms. The first-order valence-electron chi connectivity index (χ1n) is 9.81. The van der Waals surface area contributed by atoms with Crippen LogP contribution >= 0.6 is 11.6 Å². The number of hydrogen-bond acceptors (Lipinski definition) is 6. The molecule has 0 aliphatic heterocycles. The average molecular weight is 436 g/mol. The lowest BCUT2D eigenvalue weighted by Crippen LogP contribution is -2.13. The number of nitrogen functional groups attached to an aromatic ring is 1. The first-order valence-corrected chi connectivity index (χ1v) is 10.2. The maximum absolute atomic E-state index is 12.5. The summed E-state index contributed by atoms with van der Waals surface area (Å²) in [6.07, 6.45) is 1.73. The molecule has 1 amide bonds. The van der Waals surface area contributed by atoms with E-state index in [0.717, 1.165) is 5.56 Å². The number of nitrogens with two attached hydrogens (primary N) is 1. The standard InChI is InChI=1S/C22H22ClN7O/c1-13(2)30-12-26-18-19(28-22(23)29-20(18)30)25-11-14-7-9-15(10-8-14)21(31)27-17-6-4-3-5-16(17)24/h3-10,12-13H,11,24H2,1-2H3,(H,27,31)(H,25,28,29). The summed E-state index contributed by atoms with van der Waals surface area (Å²) < 4.78 is 1.95. The van der Waals surface area contributed by atoms with Gasteiger partial charge in [0.25, 0.3) is 5.91 Å². The predicted octanol–water partition coefficient (Wildman–Crippen LogP) is 4.51. The Kier molecular flexibility index (Phi) is 5.73. The van der Waals surface area contributed by atoms with Gasteiger partial charge in [0.15, 0.2) is 17.0 Å². The molecule has 0 aliphatic rings. The van der Waals surface area contributed by atoms with Crippen LogP contribution in [0.2, 0.25) is 5.28 Å². The Bertz CT molecular complexity index is 1230. The van der Waals surface area contributed by atoms with Crippen LogP contribution in [-0.2, 0) is 6.54 Å². The van der Waals surface area contributed by atoms with Crippen molar-refractivity contribution in [1.82, 2.24) is 19.5 Å². The molecule has 0 spiro atoms. The first kappa shape index (κ1) is 20.6. The second kappa shape index (κ2) is 8.61. The van der Waals surface area contributed by atoms with Crippen LogP contribution in [0.4, 0.5) is 17.2 Å². The van der Waals surface area contributed by atoms with Crippen LogP contribution < -0.4 is 16.4 Å². The molecule has 0 saturated heterocycles. The normalized spacial score (nSPS) is 11.1. The SMILES string of the molecule is CC(C)n1cnc2c(NCc3ccc(C(=O)Nc4ccccc4N)cc3)nc(Cl)nc21. The van der Waals surface area contributed by atoms with E-state index in [1.807, 2.05) is 42.7 Å². The number of para-hydroxylation sites is 2. The second-order valence-corrected chi connectivity index (χ2v) is 7.69. The third-order valence-electron chi connectivity index (χ3n) is 4.84. The van der Waals surface area contributed by atoms with Crippen LogP contribution in [0.5, 0.6) is 0 Å². The van der Waals surface area contributed by atoms with E-state index >= 15 is 0 Å². The molecule has 0 radical (unpaired) electrons. The number of rotatable bonds is 6. The van der Waals surface area contributed by atoms with Gasteiger partial charge in [0.05, 0.1) is 17.7 Å². The van der Waals surface area contributed by atoms with Gasteiger partial charge in [-0.3, -0.25) is 4.79 Å². The lowest BCUT2D eigenvalue weighted by Gasteiger charge is -2.10. The van der Waals surface area contributed by atoms with Gasteiger partial charge in [-0.05, 0) is 55.3 Å². The summed E-state index contributed by atoms with van der Waals surface area (Å²) in [6.45, 7) is 4.59. The highest BCUT2D eigenvalue weighted by atomic mass is 35.5. The van der Waals surface area contributed by atoms with Crippen LogP contribution in [0.25, 0.3) is 11.2 Å². The Morgan fingerprint density at radius 2 is 1.87 bits per heavy atom. The topological polar surface area (TPSA) is 111 Å².